The number of rotatable bonds is 5. The number of nitrogens with zero attached hydrogens (tertiary/aromatic N) is 4. The van der Waals surface area contributed by atoms with E-state index in [2.05, 4.69) is 12.6 Å². The first kappa shape index (κ1) is 28.9. The molecule has 1 aliphatic rings. The third kappa shape index (κ3) is 4.80. The summed E-state index contributed by atoms with van der Waals surface area (Å²) in [6, 6.07) is 17.6. The van der Waals surface area contributed by atoms with Gasteiger partial charge in [0.1, 0.15) is 11.6 Å². The number of amides is 1. The number of hydrogen-bond acceptors (Lipinski definition) is 5. The summed E-state index contributed by atoms with van der Waals surface area (Å²) >= 11 is 6.85. The van der Waals surface area contributed by atoms with Gasteiger partial charge >= 0.3 is 0 Å². The lowest BCUT2D eigenvalue weighted by molar-refractivity contribution is -0.126. The number of nitriles is 1. The molecule has 1 aliphatic heterocycles. The summed E-state index contributed by atoms with van der Waals surface area (Å²) in [5.41, 5.74) is 8.36. The highest BCUT2D eigenvalue weighted by Gasteiger charge is 2.31. The summed E-state index contributed by atoms with van der Waals surface area (Å²) in [5, 5.41) is 11.2. The molecule has 7 nitrogen and oxygen atoms in total. The van der Waals surface area contributed by atoms with Gasteiger partial charge in [-0.1, -0.05) is 62.4 Å². The lowest BCUT2D eigenvalue weighted by Gasteiger charge is -2.41. The van der Waals surface area contributed by atoms with Crippen LogP contribution >= 0.6 is 11.6 Å². The number of anilines is 2. The molecule has 0 radical (unpaired) electrons. The van der Waals surface area contributed by atoms with E-state index in [1.807, 2.05) is 49.9 Å². The molecule has 1 amide bonds. The number of aromatic nitrogens is 1. The number of carbonyl (C=O) groups is 1. The maximum atomic E-state index is 15.3. The minimum atomic E-state index is -0.610. The van der Waals surface area contributed by atoms with Crippen molar-refractivity contribution in [2.75, 3.05) is 30.3 Å². The molecule has 4 aromatic rings. The molecule has 9 heteroatoms. The van der Waals surface area contributed by atoms with Crippen molar-refractivity contribution < 1.29 is 9.18 Å². The van der Waals surface area contributed by atoms with Crippen LogP contribution in [-0.2, 0) is 4.79 Å². The predicted molar refractivity (Wildman–Crippen MR) is 167 cm³/mol. The average molecular weight is 584 g/mol. The lowest BCUT2D eigenvalue weighted by atomic mass is 9.97. The number of fused-ring (bicyclic) bond motifs is 1. The van der Waals surface area contributed by atoms with E-state index in [0.29, 0.717) is 47.5 Å². The van der Waals surface area contributed by atoms with E-state index in [1.165, 1.54) is 16.7 Å². The van der Waals surface area contributed by atoms with Crippen LogP contribution in [0.15, 0.2) is 72.0 Å². The maximum Gasteiger partial charge on any atom is 0.275 e. The van der Waals surface area contributed by atoms with Gasteiger partial charge < -0.3 is 15.5 Å². The van der Waals surface area contributed by atoms with Gasteiger partial charge in [0.05, 0.1) is 22.6 Å². The second-order valence-corrected chi connectivity index (χ2v) is 11.2. The standard InChI is InChI=1S/C33H31ClFN5O2/c1-5-30(41)38-13-14-39(20(4)18-38)32-24-15-26(34)23(22-10-8-11-27(37)31(22)35)16-29(24)40(33(42)25(32)17-36)28-12-7-6-9-21(28)19(2)3/h5-12,15-16,19-20H,1,13-14,18,37H2,2-4H3/t20-/m0/s1. The fourth-order valence-corrected chi connectivity index (χ4v) is 6.06. The molecule has 42 heavy (non-hydrogen) atoms. The second kappa shape index (κ2) is 11.3. The Bertz CT molecular complexity index is 1840. The van der Waals surface area contributed by atoms with Gasteiger partial charge in [0.15, 0.2) is 5.82 Å². The molecular weight excluding hydrogens is 553 g/mol. The predicted octanol–water partition coefficient (Wildman–Crippen LogP) is 6.25. The number of nitrogen functional groups attached to an aromatic ring is 1. The lowest BCUT2D eigenvalue weighted by Crippen LogP contribution is -2.54. The van der Waals surface area contributed by atoms with E-state index in [4.69, 9.17) is 17.3 Å². The van der Waals surface area contributed by atoms with Gasteiger partial charge in [-0.25, -0.2) is 4.39 Å². The van der Waals surface area contributed by atoms with Gasteiger partial charge in [-0.2, -0.15) is 5.26 Å². The zero-order valence-electron chi connectivity index (χ0n) is 23.7. The molecule has 214 valence electrons. The van der Waals surface area contributed by atoms with E-state index in [9.17, 15) is 14.9 Å². The van der Waals surface area contributed by atoms with Crippen molar-refractivity contribution in [1.29, 1.82) is 5.26 Å². The molecule has 1 atom stereocenters. The summed E-state index contributed by atoms with van der Waals surface area (Å²) in [6.07, 6.45) is 1.28. The monoisotopic (exact) mass is 583 g/mol. The molecule has 1 fully saturated rings. The molecule has 2 heterocycles. The highest BCUT2D eigenvalue weighted by molar-refractivity contribution is 6.34. The summed E-state index contributed by atoms with van der Waals surface area (Å²) in [6.45, 7) is 10.8. The molecule has 3 aromatic carbocycles. The highest BCUT2D eigenvalue weighted by atomic mass is 35.5. The Morgan fingerprint density at radius 2 is 1.90 bits per heavy atom. The van der Waals surface area contributed by atoms with Gasteiger partial charge in [-0.3, -0.25) is 14.2 Å². The van der Waals surface area contributed by atoms with Crippen molar-refractivity contribution in [3.05, 3.63) is 99.6 Å². The smallest absolute Gasteiger partial charge is 0.275 e. The van der Waals surface area contributed by atoms with Crippen LogP contribution in [0.4, 0.5) is 15.8 Å². The number of carbonyl (C=O) groups excluding carboxylic acids is 1. The Morgan fingerprint density at radius 1 is 1.17 bits per heavy atom. The molecule has 1 aromatic heterocycles. The number of para-hydroxylation sites is 1. The SMILES string of the molecule is C=CC(=O)N1CCN(c2c(C#N)c(=O)n(-c3ccccc3C(C)C)c3cc(-c4cccc(N)c4F)c(Cl)cc23)[C@@H](C)C1. The molecule has 0 bridgehead atoms. The normalized spacial score (nSPS) is 15.2. The van der Waals surface area contributed by atoms with Crippen LogP contribution < -0.4 is 16.2 Å². The summed E-state index contributed by atoms with van der Waals surface area (Å²) in [7, 11) is 0. The minimum absolute atomic E-state index is 0.0208. The van der Waals surface area contributed by atoms with Crippen molar-refractivity contribution >= 4 is 39.8 Å². The molecule has 0 spiro atoms. The van der Waals surface area contributed by atoms with Crippen LogP contribution in [0.5, 0.6) is 0 Å². The van der Waals surface area contributed by atoms with Crippen molar-refractivity contribution in [3.8, 4) is 22.9 Å². The van der Waals surface area contributed by atoms with Crippen LogP contribution in [0, 0.1) is 17.1 Å². The maximum absolute atomic E-state index is 15.3. The highest BCUT2D eigenvalue weighted by Crippen LogP contribution is 2.40. The Labute approximate surface area is 248 Å². The summed E-state index contributed by atoms with van der Waals surface area (Å²) in [5.74, 6) is -0.716. The van der Waals surface area contributed by atoms with Gasteiger partial charge in [0.2, 0.25) is 5.91 Å². The zero-order valence-corrected chi connectivity index (χ0v) is 24.5. The van der Waals surface area contributed by atoms with E-state index in [-0.39, 0.29) is 39.7 Å². The van der Waals surface area contributed by atoms with Crippen LogP contribution in [-0.4, -0.2) is 41.1 Å². The zero-order chi connectivity index (χ0) is 30.3. The van der Waals surface area contributed by atoms with Crippen molar-refractivity contribution in [2.24, 2.45) is 0 Å². The van der Waals surface area contributed by atoms with Crippen LogP contribution in [0.3, 0.4) is 0 Å². The topological polar surface area (TPSA) is 95.4 Å². The van der Waals surface area contributed by atoms with Crippen LogP contribution in [0.25, 0.3) is 27.7 Å². The Hall–Kier alpha value is -4.61. The third-order valence-electron chi connectivity index (χ3n) is 7.87. The second-order valence-electron chi connectivity index (χ2n) is 10.8. The molecule has 2 N–H and O–H groups in total. The number of pyridine rings is 1. The molecule has 1 saturated heterocycles. The Kier molecular flexibility index (Phi) is 7.81. The Morgan fingerprint density at radius 3 is 2.57 bits per heavy atom. The van der Waals surface area contributed by atoms with E-state index < -0.39 is 11.4 Å². The van der Waals surface area contributed by atoms with Crippen molar-refractivity contribution in [2.45, 2.75) is 32.7 Å². The first-order chi connectivity index (χ1) is 20.1. The number of halogens is 2. The van der Waals surface area contributed by atoms with Gasteiger partial charge in [0, 0.05) is 47.2 Å². The summed E-state index contributed by atoms with van der Waals surface area (Å²) in [4.78, 5) is 30.3. The molecular formula is C33H31ClFN5O2. The van der Waals surface area contributed by atoms with Gasteiger partial charge in [0.25, 0.3) is 5.56 Å². The van der Waals surface area contributed by atoms with E-state index >= 15 is 4.39 Å². The Balaban J connectivity index is 1.88. The molecule has 0 unspecified atom stereocenters. The quantitative estimate of drug-likeness (QED) is 0.221. The fourth-order valence-electron chi connectivity index (χ4n) is 5.79. The largest absolute Gasteiger partial charge is 0.396 e. The minimum Gasteiger partial charge on any atom is -0.396 e. The van der Waals surface area contributed by atoms with Gasteiger partial charge in [-0.15, -0.1) is 0 Å². The van der Waals surface area contributed by atoms with Crippen LogP contribution in [0.2, 0.25) is 5.02 Å². The van der Waals surface area contributed by atoms with Crippen molar-refractivity contribution in [3.63, 3.8) is 0 Å². The molecule has 0 aliphatic carbocycles. The fraction of sp³-hybridized carbons (Fsp3) is 0.242. The van der Waals surface area contributed by atoms with E-state index in [1.54, 1.807) is 29.2 Å². The van der Waals surface area contributed by atoms with Crippen LogP contribution in [0.1, 0.15) is 37.8 Å². The van der Waals surface area contributed by atoms with Crippen molar-refractivity contribution in [1.82, 2.24) is 9.47 Å². The first-order valence-electron chi connectivity index (χ1n) is 13.7. The number of benzene rings is 3. The summed E-state index contributed by atoms with van der Waals surface area (Å²) < 4.78 is 16.8. The van der Waals surface area contributed by atoms with E-state index in [0.717, 1.165) is 5.56 Å². The molecule has 0 saturated carbocycles. The number of nitrogens with two attached hydrogens (primary N) is 1. The number of piperazine rings is 1. The van der Waals surface area contributed by atoms with Gasteiger partial charge in [-0.05, 0) is 48.7 Å². The third-order valence-corrected chi connectivity index (χ3v) is 8.18. The molecule has 5 rings (SSSR count). The first-order valence-corrected chi connectivity index (χ1v) is 14.1. The average Bonchev–Trinajstić information content (AvgIpc) is 2.98. The number of hydrogen-bond donors (Lipinski definition) is 1.